The van der Waals surface area contributed by atoms with E-state index < -0.39 is 0 Å². The minimum atomic E-state index is -0.208. The Morgan fingerprint density at radius 3 is 2.80 bits per heavy atom. The molecule has 1 aromatic carbocycles. The molecule has 1 unspecified atom stereocenters. The first-order chi connectivity index (χ1) is 7.11. The van der Waals surface area contributed by atoms with Gasteiger partial charge in [-0.25, -0.2) is 4.39 Å². The quantitative estimate of drug-likeness (QED) is 0.452. The van der Waals surface area contributed by atoms with Crippen LogP contribution in [0.3, 0.4) is 0 Å². The van der Waals surface area contributed by atoms with E-state index in [-0.39, 0.29) is 11.9 Å². The molecule has 15 heavy (non-hydrogen) atoms. The lowest BCUT2D eigenvalue weighted by Crippen LogP contribution is -2.35. The lowest BCUT2D eigenvalue weighted by atomic mass is 10.0. The van der Waals surface area contributed by atoms with Crippen LogP contribution in [0.25, 0.3) is 0 Å². The Balaban J connectivity index is 2.71. The van der Waals surface area contributed by atoms with E-state index in [1.54, 1.807) is 6.07 Å². The zero-order valence-electron chi connectivity index (χ0n) is 9.13. The van der Waals surface area contributed by atoms with Gasteiger partial charge in [-0.3, -0.25) is 11.3 Å². The maximum absolute atomic E-state index is 12.9. The van der Waals surface area contributed by atoms with Crippen molar-refractivity contribution in [1.82, 2.24) is 5.43 Å². The van der Waals surface area contributed by atoms with Crippen molar-refractivity contribution in [3.05, 3.63) is 47.3 Å². The maximum Gasteiger partial charge on any atom is 0.123 e. The molecule has 0 aliphatic heterocycles. The highest BCUT2D eigenvalue weighted by Gasteiger charge is 2.04. The summed E-state index contributed by atoms with van der Waals surface area (Å²) in [4.78, 5) is 0. The van der Waals surface area contributed by atoms with Gasteiger partial charge in [-0.1, -0.05) is 23.8 Å². The second-order valence-corrected chi connectivity index (χ2v) is 3.85. The molecule has 1 rings (SSSR count). The topological polar surface area (TPSA) is 38.0 Å². The maximum atomic E-state index is 12.9. The Morgan fingerprint density at radius 1 is 1.53 bits per heavy atom. The molecule has 0 fully saturated rings. The summed E-state index contributed by atoms with van der Waals surface area (Å²) in [5.41, 5.74) is 4.83. The molecule has 0 spiro atoms. The fourth-order valence-corrected chi connectivity index (χ4v) is 1.49. The second kappa shape index (κ2) is 5.63. The number of hydrogen-bond donors (Lipinski definition) is 2. The number of hydrogen-bond acceptors (Lipinski definition) is 2. The van der Waals surface area contributed by atoms with Gasteiger partial charge in [0.25, 0.3) is 0 Å². The van der Waals surface area contributed by atoms with E-state index in [2.05, 4.69) is 5.43 Å². The molecule has 1 aromatic rings. The lowest BCUT2D eigenvalue weighted by molar-refractivity contribution is 0.601. The van der Waals surface area contributed by atoms with Gasteiger partial charge in [-0.2, -0.15) is 0 Å². The van der Waals surface area contributed by atoms with Crippen LogP contribution < -0.4 is 11.3 Å². The number of allylic oxidation sites excluding steroid dienone is 1. The number of rotatable bonds is 4. The summed E-state index contributed by atoms with van der Waals surface area (Å²) in [7, 11) is 0. The zero-order valence-corrected chi connectivity index (χ0v) is 9.13. The smallest absolute Gasteiger partial charge is 0.123 e. The SMILES string of the molecule is CC(C)=CC(Cc1cccc(F)c1)NN. The highest BCUT2D eigenvalue weighted by Crippen LogP contribution is 2.07. The van der Waals surface area contributed by atoms with Gasteiger partial charge >= 0.3 is 0 Å². The Morgan fingerprint density at radius 2 is 2.27 bits per heavy atom. The summed E-state index contributed by atoms with van der Waals surface area (Å²) < 4.78 is 12.9. The van der Waals surface area contributed by atoms with Crippen LogP contribution >= 0.6 is 0 Å². The fourth-order valence-electron chi connectivity index (χ4n) is 1.49. The van der Waals surface area contributed by atoms with Gasteiger partial charge in [-0.05, 0) is 38.0 Å². The van der Waals surface area contributed by atoms with Gasteiger partial charge in [0, 0.05) is 6.04 Å². The number of nitrogens with two attached hydrogens (primary N) is 1. The Kier molecular flexibility index (Phi) is 4.46. The summed E-state index contributed by atoms with van der Waals surface area (Å²) in [6.45, 7) is 4.02. The van der Waals surface area contributed by atoms with Gasteiger partial charge < -0.3 is 0 Å². The van der Waals surface area contributed by atoms with Crippen LogP contribution in [-0.2, 0) is 6.42 Å². The largest absolute Gasteiger partial charge is 0.271 e. The summed E-state index contributed by atoms with van der Waals surface area (Å²) >= 11 is 0. The highest BCUT2D eigenvalue weighted by atomic mass is 19.1. The third-order valence-electron chi connectivity index (χ3n) is 2.09. The van der Waals surface area contributed by atoms with Crippen molar-refractivity contribution in [2.45, 2.75) is 26.3 Å². The molecule has 0 aliphatic carbocycles. The molecule has 0 aliphatic rings. The number of nitrogens with one attached hydrogen (secondary N) is 1. The van der Waals surface area contributed by atoms with E-state index in [1.807, 2.05) is 26.0 Å². The average molecular weight is 208 g/mol. The molecule has 3 N–H and O–H groups in total. The molecule has 3 heteroatoms. The first kappa shape index (κ1) is 11.9. The molecule has 1 atom stereocenters. The molecule has 0 amide bonds. The molecule has 0 bridgehead atoms. The van der Waals surface area contributed by atoms with E-state index in [1.165, 1.54) is 17.7 Å². The minimum absolute atomic E-state index is 0.0526. The van der Waals surface area contributed by atoms with Crippen molar-refractivity contribution in [3.8, 4) is 0 Å². The van der Waals surface area contributed by atoms with Crippen LogP contribution in [0, 0.1) is 5.82 Å². The van der Waals surface area contributed by atoms with E-state index in [0.29, 0.717) is 6.42 Å². The summed E-state index contributed by atoms with van der Waals surface area (Å²) in [5, 5.41) is 0. The first-order valence-corrected chi connectivity index (χ1v) is 4.97. The molecule has 0 aromatic heterocycles. The molecule has 0 heterocycles. The summed E-state index contributed by atoms with van der Waals surface area (Å²) in [5.74, 6) is 5.21. The van der Waals surface area contributed by atoms with Crippen LogP contribution in [0.5, 0.6) is 0 Å². The third-order valence-corrected chi connectivity index (χ3v) is 2.09. The normalized spacial score (nSPS) is 12.3. The molecule has 0 saturated carbocycles. The van der Waals surface area contributed by atoms with Crippen molar-refractivity contribution >= 4 is 0 Å². The van der Waals surface area contributed by atoms with E-state index in [9.17, 15) is 4.39 Å². The zero-order chi connectivity index (χ0) is 11.3. The van der Waals surface area contributed by atoms with Crippen LogP contribution in [0.2, 0.25) is 0 Å². The van der Waals surface area contributed by atoms with Crippen LogP contribution in [0.15, 0.2) is 35.9 Å². The van der Waals surface area contributed by atoms with Crippen molar-refractivity contribution < 1.29 is 4.39 Å². The van der Waals surface area contributed by atoms with Crippen molar-refractivity contribution in [1.29, 1.82) is 0 Å². The number of hydrazine groups is 1. The summed E-state index contributed by atoms with van der Waals surface area (Å²) in [6, 6.07) is 6.63. The average Bonchev–Trinajstić information content (AvgIpc) is 2.16. The number of halogens is 1. The van der Waals surface area contributed by atoms with Gasteiger partial charge in [-0.15, -0.1) is 0 Å². The predicted octanol–water partition coefficient (Wildman–Crippen LogP) is 2.17. The van der Waals surface area contributed by atoms with Crippen LogP contribution in [0.1, 0.15) is 19.4 Å². The molecule has 0 saturated heterocycles. The Hall–Kier alpha value is -1.19. The van der Waals surface area contributed by atoms with E-state index in [4.69, 9.17) is 5.84 Å². The summed E-state index contributed by atoms with van der Waals surface area (Å²) in [6.07, 6.45) is 2.73. The van der Waals surface area contributed by atoms with Gasteiger partial charge in [0.15, 0.2) is 0 Å². The highest BCUT2D eigenvalue weighted by molar-refractivity contribution is 5.19. The first-order valence-electron chi connectivity index (χ1n) is 4.97. The van der Waals surface area contributed by atoms with Crippen molar-refractivity contribution in [3.63, 3.8) is 0 Å². The Labute approximate surface area is 90.0 Å². The minimum Gasteiger partial charge on any atom is -0.271 e. The molecule has 82 valence electrons. The molecular weight excluding hydrogens is 191 g/mol. The lowest BCUT2D eigenvalue weighted by Gasteiger charge is -2.12. The van der Waals surface area contributed by atoms with Gasteiger partial charge in [0.2, 0.25) is 0 Å². The molecular formula is C12H17FN2. The second-order valence-electron chi connectivity index (χ2n) is 3.85. The third kappa shape index (κ3) is 4.23. The fraction of sp³-hybridized carbons (Fsp3) is 0.333. The number of benzene rings is 1. The van der Waals surface area contributed by atoms with Crippen LogP contribution in [-0.4, -0.2) is 6.04 Å². The standard InChI is InChI=1S/C12H17FN2/c1-9(2)6-12(15-14)8-10-4-3-5-11(13)7-10/h3-7,12,15H,8,14H2,1-2H3. The molecule has 0 radical (unpaired) electrons. The molecule has 2 nitrogen and oxygen atoms in total. The van der Waals surface area contributed by atoms with Crippen molar-refractivity contribution in [2.75, 3.05) is 0 Å². The van der Waals surface area contributed by atoms with Crippen molar-refractivity contribution in [2.24, 2.45) is 5.84 Å². The van der Waals surface area contributed by atoms with Crippen LogP contribution in [0.4, 0.5) is 4.39 Å². The van der Waals surface area contributed by atoms with E-state index in [0.717, 1.165) is 5.56 Å². The van der Waals surface area contributed by atoms with Gasteiger partial charge in [0.1, 0.15) is 5.82 Å². The monoisotopic (exact) mass is 208 g/mol. The van der Waals surface area contributed by atoms with Gasteiger partial charge in [0.05, 0.1) is 0 Å². The van der Waals surface area contributed by atoms with E-state index >= 15 is 0 Å². The Bertz CT molecular complexity index is 343. The predicted molar refractivity (Wildman–Crippen MR) is 60.6 cm³/mol.